The highest BCUT2D eigenvalue weighted by Gasteiger charge is 2.38. The lowest BCUT2D eigenvalue weighted by Crippen LogP contribution is -2.41. The second kappa shape index (κ2) is 12.3. The van der Waals surface area contributed by atoms with Crippen LogP contribution in [0, 0.1) is 5.92 Å². The number of carbonyl (C=O) groups is 3. The van der Waals surface area contributed by atoms with Gasteiger partial charge in [-0.05, 0) is 11.1 Å². The van der Waals surface area contributed by atoms with Crippen LogP contribution < -0.4 is 5.32 Å². The van der Waals surface area contributed by atoms with Crippen LogP contribution in [-0.4, -0.2) is 24.3 Å². The van der Waals surface area contributed by atoms with Gasteiger partial charge in [0, 0.05) is 17.5 Å². The first kappa shape index (κ1) is 24.6. The fourth-order valence-corrected chi connectivity index (χ4v) is 4.08. The van der Waals surface area contributed by atoms with Crippen molar-refractivity contribution < 1.29 is 19.1 Å². The van der Waals surface area contributed by atoms with E-state index in [1.54, 1.807) is 60.7 Å². The number of hydrogen-bond acceptors (Lipinski definition) is 4. The van der Waals surface area contributed by atoms with Crippen LogP contribution in [0.15, 0.2) is 121 Å². The minimum atomic E-state index is -1.18. The molecule has 0 aliphatic carbocycles. The molecule has 0 saturated carbocycles. The molecule has 4 aromatic carbocycles. The van der Waals surface area contributed by atoms with Gasteiger partial charge in [0.25, 0.3) is 0 Å². The lowest BCUT2D eigenvalue weighted by molar-refractivity contribution is 0.0764. The molecule has 0 saturated heterocycles. The molecule has 0 radical (unpaired) electrons. The van der Waals surface area contributed by atoms with Crippen molar-refractivity contribution >= 4 is 17.7 Å². The zero-order valence-electron chi connectivity index (χ0n) is 19.7. The molecule has 4 aromatic rings. The number of rotatable bonds is 10. The standard InChI is InChI=1S/C31H27NO4/c33-29(25-17-9-3-10-18-25)27(30(34)26-19-11-4-12-20-26)28(24-15-7-2-8-16-24)32-31(35)36-22-21-23-13-5-1-6-14-23/h1-20,27-28H,21-22H2,(H,32,35). The molecule has 1 atom stereocenters. The van der Waals surface area contributed by atoms with Gasteiger partial charge < -0.3 is 10.1 Å². The molecule has 0 fully saturated rings. The van der Waals surface area contributed by atoms with E-state index in [2.05, 4.69) is 5.32 Å². The summed E-state index contributed by atoms with van der Waals surface area (Å²) in [6.45, 7) is 0.168. The Balaban J connectivity index is 1.63. The van der Waals surface area contributed by atoms with Gasteiger partial charge in [-0.2, -0.15) is 0 Å². The molecule has 1 N–H and O–H groups in total. The van der Waals surface area contributed by atoms with Gasteiger partial charge in [0.2, 0.25) is 0 Å². The molecule has 0 aliphatic heterocycles. The third-order valence-electron chi connectivity index (χ3n) is 5.91. The first-order valence-electron chi connectivity index (χ1n) is 11.8. The number of Topliss-reactive ketones (excluding diaryl/α,β-unsaturated/α-hetero) is 2. The van der Waals surface area contributed by atoms with Crippen molar-refractivity contribution in [3.8, 4) is 0 Å². The van der Waals surface area contributed by atoms with Crippen molar-refractivity contribution in [3.05, 3.63) is 144 Å². The third-order valence-corrected chi connectivity index (χ3v) is 5.91. The minimum absolute atomic E-state index is 0.168. The van der Waals surface area contributed by atoms with Crippen molar-refractivity contribution in [2.24, 2.45) is 5.92 Å². The Morgan fingerprint density at radius 3 is 1.56 bits per heavy atom. The maximum atomic E-state index is 13.7. The highest BCUT2D eigenvalue weighted by Crippen LogP contribution is 2.29. The number of carbonyl (C=O) groups excluding carboxylic acids is 3. The Labute approximate surface area is 210 Å². The topological polar surface area (TPSA) is 72.5 Å². The molecule has 1 unspecified atom stereocenters. The Kier molecular flexibility index (Phi) is 8.39. The molecule has 0 bridgehead atoms. The molecular weight excluding hydrogens is 450 g/mol. The summed E-state index contributed by atoms with van der Waals surface area (Å²) in [5, 5.41) is 2.82. The van der Waals surface area contributed by atoms with Crippen LogP contribution in [-0.2, 0) is 11.2 Å². The second-order valence-corrected chi connectivity index (χ2v) is 8.34. The predicted molar refractivity (Wildman–Crippen MR) is 139 cm³/mol. The van der Waals surface area contributed by atoms with E-state index >= 15 is 0 Å². The Morgan fingerprint density at radius 1 is 0.611 bits per heavy atom. The Hall–Kier alpha value is -4.51. The number of hydrogen-bond donors (Lipinski definition) is 1. The average Bonchev–Trinajstić information content (AvgIpc) is 2.94. The molecule has 4 rings (SSSR count). The number of nitrogens with one attached hydrogen (secondary N) is 1. The van der Waals surface area contributed by atoms with Crippen LogP contribution in [0.1, 0.15) is 37.9 Å². The molecule has 0 aliphatic rings. The number of ketones is 2. The summed E-state index contributed by atoms with van der Waals surface area (Å²) in [7, 11) is 0. The first-order valence-corrected chi connectivity index (χ1v) is 11.8. The van der Waals surface area contributed by atoms with E-state index in [4.69, 9.17) is 4.74 Å². The molecule has 1 amide bonds. The van der Waals surface area contributed by atoms with Crippen LogP contribution in [0.2, 0.25) is 0 Å². The molecule has 0 spiro atoms. The quantitative estimate of drug-likeness (QED) is 0.222. The summed E-state index contributed by atoms with van der Waals surface area (Å²) in [5.41, 5.74) is 2.47. The van der Waals surface area contributed by atoms with E-state index in [-0.39, 0.29) is 18.2 Å². The van der Waals surface area contributed by atoms with Gasteiger partial charge in [0.1, 0.15) is 5.92 Å². The molecule has 36 heavy (non-hydrogen) atoms. The van der Waals surface area contributed by atoms with E-state index in [1.165, 1.54) is 0 Å². The molecular formula is C31H27NO4. The van der Waals surface area contributed by atoms with Gasteiger partial charge in [0.05, 0.1) is 12.6 Å². The van der Waals surface area contributed by atoms with Crippen LogP contribution >= 0.6 is 0 Å². The first-order chi connectivity index (χ1) is 17.6. The number of alkyl carbamates (subject to hydrolysis) is 1. The molecule has 5 heteroatoms. The highest BCUT2D eigenvalue weighted by atomic mass is 16.5. The normalized spacial score (nSPS) is 11.5. The highest BCUT2D eigenvalue weighted by molar-refractivity contribution is 6.16. The van der Waals surface area contributed by atoms with Crippen LogP contribution in [0.25, 0.3) is 0 Å². The lowest BCUT2D eigenvalue weighted by Gasteiger charge is -2.27. The summed E-state index contributed by atoms with van der Waals surface area (Å²) in [6.07, 6.45) is -0.133. The van der Waals surface area contributed by atoms with E-state index in [1.807, 2.05) is 60.7 Å². The van der Waals surface area contributed by atoms with Crippen molar-refractivity contribution in [1.82, 2.24) is 5.32 Å². The van der Waals surface area contributed by atoms with E-state index in [9.17, 15) is 14.4 Å². The van der Waals surface area contributed by atoms with E-state index < -0.39 is 18.1 Å². The zero-order chi connectivity index (χ0) is 25.2. The fourth-order valence-electron chi connectivity index (χ4n) is 4.08. The number of amides is 1. The van der Waals surface area contributed by atoms with Crippen LogP contribution in [0.4, 0.5) is 4.79 Å². The number of ether oxygens (including phenoxy) is 1. The predicted octanol–water partition coefficient (Wildman–Crippen LogP) is 6.08. The van der Waals surface area contributed by atoms with Crippen molar-refractivity contribution in [2.45, 2.75) is 12.5 Å². The maximum absolute atomic E-state index is 13.7. The van der Waals surface area contributed by atoms with E-state index in [0.29, 0.717) is 23.1 Å². The van der Waals surface area contributed by atoms with Gasteiger partial charge in [-0.25, -0.2) is 4.79 Å². The van der Waals surface area contributed by atoms with Crippen molar-refractivity contribution in [3.63, 3.8) is 0 Å². The van der Waals surface area contributed by atoms with Gasteiger partial charge in [-0.3, -0.25) is 9.59 Å². The van der Waals surface area contributed by atoms with Gasteiger partial charge in [-0.15, -0.1) is 0 Å². The average molecular weight is 478 g/mol. The van der Waals surface area contributed by atoms with Crippen LogP contribution in [0.5, 0.6) is 0 Å². The molecule has 5 nitrogen and oxygen atoms in total. The van der Waals surface area contributed by atoms with Gasteiger partial charge in [-0.1, -0.05) is 121 Å². The summed E-state index contributed by atoms with van der Waals surface area (Å²) < 4.78 is 5.45. The van der Waals surface area contributed by atoms with E-state index in [0.717, 1.165) is 5.56 Å². The lowest BCUT2D eigenvalue weighted by atomic mass is 9.81. The van der Waals surface area contributed by atoms with Crippen LogP contribution in [0.3, 0.4) is 0 Å². The minimum Gasteiger partial charge on any atom is -0.449 e. The zero-order valence-corrected chi connectivity index (χ0v) is 19.7. The number of benzene rings is 4. The maximum Gasteiger partial charge on any atom is 0.407 e. The smallest absolute Gasteiger partial charge is 0.407 e. The summed E-state index contributed by atoms with van der Waals surface area (Å²) in [6, 6.07) is 35.1. The SMILES string of the molecule is O=C(NC(c1ccccc1)C(C(=O)c1ccccc1)C(=O)c1ccccc1)OCCc1ccccc1. The van der Waals surface area contributed by atoms with Crippen molar-refractivity contribution in [1.29, 1.82) is 0 Å². The fraction of sp³-hybridized carbons (Fsp3) is 0.129. The Bertz CT molecular complexity index is 1220. The molecule has 0 aromatic heterocycles. The van der Waals surface area contributed by atoms with Crippen molar-refractivity contribution in [2.75, 3.05) is 6.61 Å². The van der Waals surface area contributed by atoms with Gasteiger partial charge >= 0.3 is 6.09 Å². The third kappa shape index (κ3) is 6.33. The second-order valence-electron chi connectivity index (χ2n) is 8.34. The summed E-state index contributed by atoms with van der Waals surface area (Å²) >= 11 is 0. The summed E-state index contributed by atoms with van der Waals surface area (Å²) in [4.78, 5) is 40.4. The molecule has 0 heterocycles. The van der Waals surface area contributed by atoms with Gasteiger partial charge in [0.15, 0.2) is 11.6 Å². The Morgan fingerprint density at radius 2 is 1.06 bits per heavy atom. The largest absolute Gasteiger partial charge is 0.449 e. The monoisotopic (exact) mass is 477 g/mol. The molecule has 180 valence electrons. The summed E-state index contributed by atoms with van der Waals surface area (Å²) in [5.74, 6) is -1.93.